The Morgan fingerprint density at radius 3 is 2.56 bits per heavy atom. The monoisotopic (exact) mass is 222 g/mol. The van der Waals surface area contributed by atoms with Crippen LogP contribution < -0.4 is 4.74 Å². The van der Waals surface area contributed by atoms with Crippen molar-refractivity contribution in [2.75, 3.05) is 13.2 Å². The molecule has 0 aromatic heterocycles. The van der Waals surface area contributed by atoms with Crippen molar-refractivity contribution in [3.8, 4) is 5.75 Å². The van der Waals surface area contributed by atoms with E-state index >= 15 is 0 Å². The van der Waals surface area contributed by atoms with Crippen LogP contribution in [-0.2, 0) is 9.53 Å². The summed E-state index contributed by atoms with van der Waals surface area (Å²) >= 11 is 0. The molecule has 4 heteroatoms. The molecule has 0 fully saturated rings. The van der Waals surface area contributed by atoms with Crippen LogP contribution in [0.2, 0.25) is 0 Å². The fraction of sp³-hybridized carbons (Fsp3) is 0.333. The van der Waals surface area contributed by atoms with Crippen LogP contribution in [0.25, 0.3) is 0 Å². The maximum Gasteiger partial charge on any atom is 0.344 e. The molecule has 1 aromatic carbocycles. The number of hydrogen-bond acceptors (Lipinski definition) is 4. The van der Waals surface area contributed by atoms with Crippen molar-refractivity contribution in [2.24, 2.45) is 0 Å². The number of aldehydes is 1. The highest BCUT2D eigenvalue weighted by atomic mass is 16.6. The summed E-state index contributed by atoms with van der Waals surface area (Å²) in [5, 5.41) is 0. The molecule has 86 valence electrons. The van der Waals surface area contributed by atoms with Crippen molar-refractivity contribution in [2.45, 2.75) is 13.3 Å². The average molecular weight is 222 g/mol. The topological polar surface area (TPSA) is 52.6 Å². The first kappa shape index (κ1) is 12.2. The third-order valence-corrected chi connectivity index (χ3v) is 1.84. The number of carbonyl (C=O) groups excluding carboxylic acids is 2. The summed E-state index contributed by atoms with van der Waals surface area (Å²) < 4.78 is 10.0. The molecule has 0 saturated carbocycles. The second kappa shape index (κ2) is 6.61. The molecule has 0 radical (unpaired) electrons. The maximum atomic E-state index is 11.1. The van der Waals surface area contributed by atoms with Gasteiger partial charge in [0.25, 0.3) is 0 Å². The quantitative estimate of drug-likeness (QED) is 0.544. The van der Waals surface area contributed by atoms with Crippen LogP contribution in [0.4, 0.5) is 0 Å². The minimum atomic E-state index is -0.388. The lowest BCUT2D eigenvalue weighted by Crippen LogP contribution is -2.15. The Bertz CT molecular complexity index is 343. The van der Waals surface area contributed by atoms with Gasteiger partial charge in [-0.1, -0.05) is 6.92 Å². The first-order valence-corrected chi connectivity index (χ1v) is 5.10. The molecule has 0 saturated heterocycles. The Kier molecular flexibility index (Phi) is 5.05. The van der Waals surface area contributed by atoms with E-state index in [-0.39, 0.29) is 12.6 Å². The van der Waals surface area contributed by atoms with Crippen molar-refractivity contribution in [1.29, 1.82) is 0 Å². The van der Waals surface area contributed by atoms with Gasteiger partial charge in [-0.2, -0.15) is 0 Å². The minimum Gasteiger partial charge on any atom is -0.482 e. The Labute approximate surface area is 94.2 Å². The number of esters is 1. The fourth-order valence-corrected chi connectivity index (χ4v) is 1.04. The first-order chi connectivity index (χ1) is 7.76. The highest BCUT2D eigenvalue weighted by molar-refractivity contribution is 5.75. The molecule has 1 aromatic rings. The van der Waals surface area contributed by atoms with Gasteiger partial charge in [0, 0.05) is 5.56 Å². The van der Waals surface area contributed by atoms with E-state index in [9.17, 15) is 9.59 Å². The van der Waals surface area contributed by atoms with Gasteiger partial charge < -0.3 is 9.47 Å². The third-order valence-electron chi connectivity index (χ3n) is 1.84. The second-order valence-corrected chi connectivity index (χ2v) is 3.20. The highest BCUT2D eigenvalue weighted by Gasteiger charge is 2.03. The maximum absolute atomic E-state index is 11.1. The van der Waals surface area contributed by atoms with Crippen LogP contribution in [0.1, 0.15) is 23.7 Å². The van der Waals surface area contributed by atoms with Crippen LogP contribution in [-0.4, -0.2) is 25.5 Å². The number of hydrogen-bond donors (Lipinski definition) is 0. The zero-order valence-electron chi connectivity index (χ0n) is 9.14. The Morgan fingerprint density at radius 2 is 2.00 bits per heavy atom. The number of carbonyl (C=O) groups is 2. The smallest absolute Gasteiger partial charge is 0.344 e. The molecular formula is C12H14O4. The summed E-state index contributed by atoms with van der Waals surface area (Å²) in [5.41, 5.74) is 0.570. The zero-order valence-corrected chi connectivity index (χ0v) is 9.14. The summed E-state index contributed by atoms with van der Waals surface area (Å²) in [4.78, 5) is 21.5. The van der Waals surface area contributed by atoms with Gasteiger partial charge in [0.1, 0.15) is 12.0 Å². The van der Waals surface area contributed by atoms with E-state index in [4.69, 9.17) is 9.47 Å². The van der Waals surface area contributed by atoms with E-state index in [0.717, 1.165) is 12.7 Å². The van der Waals surface area contributed by atoms with Gasteiger partial charge in [0.15, 0.2) is 6.61 Å². The standard InChI is InChI=1S/C12H14O4/c1-2-7-15-12(14)9-16-11-5-3-10(8-13)4-6-11/h3-6,8H,2,7,9H2,1H3. The van der Waals surface area contributed by atoms with Crippen LogP contribution in [0.5, 0.6) is 5.75 Å². The Hall–Kier alpha value is -1.84. The van der Waals surface area contributed by atoms with Crippen LogP contribution >= 0.6 is 0 Å². The normalized spacial score (nSPS) is 9.56. The Balaban J connectivity index is 2.36. The van der Waals surface area contributed by atoms with E-state index in [1.54, 1.807) is 24.3 Å². The molecule has 0 aliphatic rings. The predicted octanol–water partition coefficient (Wildman–Crippen LogP) is 1.83. The van der Waals surface area contributed by atoms with Crippen molar-refractivity contribution in [3.63, 3.8) is 0 Å². The molecule has 0 heterocycles. The summed E-state index contributed by atoms with van der Waals surface area (Å²) in [6, 6.07) is 6.52. The molecule has 4 nitrogen and oxygen atoms in total. The molecule has 1 rings (SSSR count). The van der Waals surface area contributed by atoms with E-state index < -0.39 is 0 Å². The van der Waals surface area contributed by atoms with Gasteiger partial charge in [-0.05, 0) is 30.7 Å². The first-order valence-electron chi connectivity index (χ1n) is 5.10. The van der Waals surface area contributed by atoms with Crippen molar-refractivity contribution < 1.29 is 19.1 Å². The summed E-state index contributed by atoms with van der Waals surface area (Å²) in [7, 11) is 0. The molecule has 0 atom stereocenters. The van der Waals surface area contributed by atoms with Crippen LogP contribution in [0.3, 0.4) is 0 Å². The largest absolute Gasteiger partial charge is 0.482 e. The number of ether oxygens (including phenoxy) is 2. The lowest BCUT2D eigenvalue weighted by Gasteiger charge is -2.06. The lowest BCUT2D eigenvalue weighted by molar-refractivity contribution is -0.146. The van der Waals surface area contributed by atoms with Gasteiger partial charge in [-0.3, -0.25) is 4.79 Å². The van der Waals surface area contributed by atoms with E-state index in [1.807, 2.05) is 6.92 Å². The van der Waals surface area contributed by atoms with Crippen LogP contribution in [0.15, 0.2) is 24.3 Å². The highest BCUT2D eigenvalue weighted by Crippen LogP contribution is 2.10. The van der Waals surface area contributed by atoms with Crippen molar-refractivity contribution in [1.82, 2.24) is 0 Å². The number of benzene rings is 1. The molecule has 0 spiro atoms. The summed E-state index contributed by atoms with van der Waals surface area (Å²) in [6.07, 6.45) is 1.54. The number of rotatable bonds is 6. The summed E-state index contributed by atoms with van der Waals surface area (Å²) in [5.74, 6) is 0.153. The zero-order chi connectivity index (χ0) is 11.8. The van der Waals surface area contributed by atoms with Gasteiger partial charge >= 0.3 is 5.97 Å². The minimum absolute atomic E-state index is 0.111. The fourth-order valence-electron chi connectivity index (χ4n) is 1.04. The molecule has 0 N–H and O–H groups in total. The van der Waals surface area contributed by atoms with E-state index in [2.05, 4.69) is 0 Å². The van der Waals surface area contributed by atoms with Gasteiger partial charge in [-0.15, -0.1) is 0 Å². The molecule has 0 aliphatic heterocycles. The lowest BCUT2D eigenvalue weighted by atomic mass is 10.2. The van der Waals surface area contributed by atoms with E-state index in [1.165, 1.54) is 0 Å². The van der Waals surface area contributed by atoms with Crippen molar-refractivity contribution in [3.05, 3.63) is 29.8 Å². The SMILES string of the molecule is CCCOC(=O)COc1ccc(C=O)cc1. The van der Waals surface area contributed by atoms with E-state index in [0.29, 0.717) is 17.9 Å². The van der Waals surface area contributed by atoms with Gasteiger partial charge in [0.05, 0.1) is 6.61 Å². The molecule has 0 amide bonds. The molecule has 16 heavy (non-hydrogen) atoms. The average Bonchev–Trinajstić information content (AvgIpc) is 2.34. The second-order valence-electron chi connectivity index (χ2n) is 3.20. The molecular weight excluding hydrogens is 208 g/mol. The molecule has 0 bridgehead atoms. The third kappa shape index (κ3) is 4.13. The van der Waals surface area contributed by atoms with Crippen molar-refractivity contribution >= 4 is 12.3 Å². The summed E-state index contributed by atoms with van der Waals surface area (Å²) in [6.45, 7) is 2.22. The van der Waals surface area contributed by atoms with Gasteiger partial charge in [-0.25, -0.2) is 4.79 Å². The predicted molar refractivity (Wildman–Crippen MR) is 58.6 cm³/mol. The van der Waals surface area contributed by atoms with Crippen LogP contribution in [0, 0.1) is 0 Å². The van der Waals surface area contributed by atoms with Gasteiger partial charge in [0.2, 0.25) is 0 Å². The Morgan fingerprint density at radius 1 is 1.31 bits per heavy atom. The molecule has 0 aliphatic carbocycles. The molecule has 0 unspecified atom stereocenters.